The highest BCUT2D eigenvalue weighted by molar-refractivity contribution is 6.30. The molecule has 1 saturated carbocycles. The zero-order valence-electron chi connectivity index (χ0n) is 23.0. The van der Waals surface area contributed by atoms with Gasteiger partial charge in [0.1, 0.15) is 11.6 Å². The van der Waals surface area contributed by atoms with Crippen molar-refractivity contribution in [2.24, 2.45) is 11.8 Å². The molecule has 2 N–H and O–H groups in total. The fourth-order valence-electron chi connectivity index (χ4n) is 7.01. The number of benzene rings is 1. The van der Waals surface area contributed by atoms with Crippen LogP contribution in [0.1, 0.15) is 58.8 Å². The van der Waals surface area contributed by atoms with E-state index in [1.54, 1.807) is 29.2 Å². The second-order valence-electron chi connectivity index (χ2n) is 11.4. The summed E-state index contributed by atoms with van der Waals surface area (Å²) in [6.07, 6.45) is 10.5. The first-order valence-corrected chi connectivity index (χ1v) is 15.0. The van der Waals surface area contributed by atoms with Crippen LogP contribution in [-0.4, -0.2) is 77.5 Å². The molecule has 1 aliphatic carbocycles. The van der Waals surface area contributed by atoms with Crippen LogP contribution >= 0.6 is 11.6 Å². The number of ether oxygens (including phenoxy) is 1. The van der Waals surface area contributed by atoms with Crippen LogP contribution in [0.25, 0.3) is 0 Å². The zero-order chi connectivity index (χ0) is 27.6. The van der Waals surface area contributed by atoms with Gasteiger partial charge in [0.2, 0.25) is 17.7 Å². The second-order valence-corrected chi connectivity index (χ2v) is 11.9. The molecular formula is C30H41ClN4O4. The van der Waals surface area contributed by atoms with E-state index in [1.165, 1.54) is 6.42 Å². The number of halogens is 1. The average Bonchev–Trinajstić information content (AvgIpc) is 3.56. The van der Waals surface area contributed by atoms with Crippen LogP contribution in [-0.2, 0) is 19.1 Å². The van der Waals surface area contributed by atoms with E-state index in [4.69, 9.17) is 16.3 Å². The van der Waals surface area contributed by atoms with Crippen molar-refractivity contribution in [3.8, 4) is 0 Å². The molecule has 3 fully saturated rings. The molecule has 2 saturated heterocycles. The van der Waals surface area contributed by atoms with Crippen molar-refractivity contribution in [3.05, 3.63) is 41.4 Å². The number of carbonyl (C=O) groups is 3. The highest BCUT2D eigenvalue weighted by Crippen LogP contribution is 2.55. The van der Waals surface area contributed by atoms with E-state index in [0.717, 1.165) is 51.6 Å². The van der Waals surface area contributed by atoms with Crippen molar-refractivity contribution in [2.75, 3.05) is 31.5 Å². The van der Waals surface area contributed by atoms with Crippen LogP contribution in [0.15, 0.2) is 36.4 Å². The van der Waals surface area contributed by atoms with E-state index in [9.17, 15) is 14.4 Å². The van der Waals surface area contributed by atoms with Crippen LogP contribution in [0, 0.1) is 11.8 Å². The van der Waals surface area contributed by atoms with Gasteiger partial charge in [0.25, 0.3) is 0 Å². The first-order valence-electron chi connectivity index (χ1n) is 14.6. The molecule has 212 valence electrons. The van der Waals surface area contributed by atoms with Crippen molar-refractivity contribution in [3.63, 3.8) is 0 Å². The maximum absolute atomic E-state index is 14.1. The Morgan fingerprint density at radius 2 is 1.74 bits per heavy atom. The smallest absolute Gasteiger partial charge is 0.246 e. The Balaban J connectivity index is 1.41. The molecule has 3 unspecified atom stereocenters. The third-order valence-electron chi connectivity index (χ3n) is 8.73. The quantitative estimate of drug-likeness (QED) is 0.402. The van der Waals surface area contributed by atoms with Crippen molar-refractivity contribution < 1.29 is 19.1 Å². The van der Waals surface area contributed by atoms with Crippen LogP contribution in [0.4, 0.5) is 5.69 Å². The maximum atomic E-state index is 14.1. The number of nitrogens with zero attached hydrogens (tertiary/aromatic N) is 2. The molecular weight excluding hydrogens is 516 g/mol. The number of likely N-dealkylation sites (tertiary alicyclic amines) is 1. The van der Waals surface area contributed by atoms with E-state index >= 15 is 0 Å². The van der Waals surface area contributed by atoms with Crippen molar-refractivity contribution in [1.82, 2.24) is 15.1 Å². The van der Waals surface area contributed by atoms with Gasteiger partial charge in [0.15, 0.2) is 0 Å². The molecule has 1 aromatic carbocycles. The van der Waals surface area contributed by atoms with Crippen LogP contribution < -0.4 is 10.6 Å². The molecule has 5 atom stereocenters. The molecule has 39 heavy (non-hydrogen) atoms. The number of amides is 3. The van der Waals surface area contributed by atoms with Gasteiger partial charge in [-0.15, -0.1) is 0 Å². The van der Waals surface area contributed by atoms with Gasteiger partial charge in [-0.1, -0.05) is 56.9 Å². The Morgan fingerprint density at radius 1 is 1.05 bits per heavy atom. The molecule has 9 heteroatoms. The Morgan fingerprint density at radius 3 is 2.41 bits per heavy atom. The summed E-state index contributed by atoms with van der Waals surface area (Å²) >= 11 is 6.01. The first kappa shape index (κ1) is 28.1. The minimum absolute atomic E-state index is 0.113. The van der Waals surface area contributed by atoms with Crippen LogP contribution in [0.3, 0.4) is 0 Å². The Labute approximate surface area is 236 Å². The van der Waals surface area contributed by atoms with Gasteiger partial charge in [-0.3, -0.25) is 14.4 Å². The number of rotatable bonds is 11. The first-order chi connectivity index (χ1) is 18.9. The lowest BCUT2D eigenvalue weighted by atomic mass is 9.74. The highest BCUT2D eigenvalue weighted by Gasteiger charge is 2.72. The fraction of sp³-hybridized carbons (Fsp3) is 0.633. The van der Waals surface area contributed by atoms with E-state index in [2.05, 4.69) is 29.4 Å². The predicted octanol–water partition coefficient (Wildman–Crippen LogP) is 4.00. The summed E-state index contributed by atoms with van der Waals surface area (Å²) in [6, 6.07) is 6.21. The summed E-state index contributed by atoms with van der Waals surface area (Å²) in [5.41, 5.74) is -0.531. The van der Waals surface area contributed by atoms with E-state index in [0.29, 0.717) is 23.8 Å². The molecule has 0 radical (unpaired) electrons. The fourth-order valence-corrected chi connectivity index (χ4v) is 7.14. The van der Waals surface area contributed by atoms with Gasteiger partial charge >= 0.3 is 0 Å². The summed E-state index contributed by atoms with van der Waals surface area (Å²) in [5, 5.41) is 6.77. The number of hydrogen-bond donors (Lipinski definition) is 2. The Bertz CT molecular complexity index is 1080. The van der Waals surface area contributed by atoms with Crippen LogP contribution in [0.5, 0.6) is 0 Å². The largest absolute Gasteiger partial charge is 0.359 e. The maximum Gasteiger partial charge on any atom is 0.246 e. The van der Waals surface area contributed by atoms with Crippen LogP contribution in [0.2, 0.25) is 5.02 Å². The molecule has 0 aromatic heterocycles. The molecule has 2 bridgehead atoms. The lowest BCUT2D eigenvalue weighted by Crippen LogP contribution is -2.57. The second kappa shape index (κ2) is 12.0. The summed E-state index contributed by atoms with van der Waals surface area (Å²) in [6.45, 7) is 7.27. The van der Waals surface area contributed by atoms with Gasteiger partial charge < -0.3 is 25.2 Å². The lowest BCUT2D eigenvalue weighted by molar-refractivity contribution is -0.141. The summed E-state index contributed by atoms with van der Waals surface area (Å²) in [7, 11) is 0. The van der Waals surface area contributed by atoms with Gasteiger partial charge in [-0.2, -0.15) is 0 Å². The minimum Gasteiger partial charge on any atom is -0.359 e. The SMILES string of the molecule is CCCN(CCC)CCN1C(=O)[C@@H]2C(C(=O)Nc3ccc(Cl)cc3)[C@@H]3C=CC2(O3)C1C(=O)NC1CCCCC1. The molecule has 1 spiro atoms. The molecule has 3 amide bonds. The third kappa shape index (κ3) is 5.48. The summed E-state index contributed by atoms with van der Waals surface area (Å²) in [4.78, 5) is 45.7. The van der Waals surface area contributed by atoms with Gasteiger partial charge in [0.05, 0.1) is 17.9 Å². The molecule has 3 aliphatic heterocycles. The Kier molecular flexibility index (Phi) is 8.64. The normalized spacial score (nSPS) is 29.7. The number of fused-ring (bicyclic) bond motifs is 1. The lowest BCUT2D eigenvalue weighted by Gasteiger charge is -2.35. The van der Waals surface area contributed by atoms with Crippen molar-refractivity contribution in [2.45, 2.75) is 82.6 Å². The third-order valence-corrected chi connectivity index (χ3v) is 8.98. The minimum atomic E-state index is -1.14. The molecule has 3 heterocycles. The molecule has 1 aromatic rings. The standard InChI is InChI=1S/C30H41ClN4O4/c1-3-16-34(17-4-2)18-19-35-26(28(37)33-21-8-6-5-7-9-21)30-15-14-23(39-30)24(25(30)29(35)38)27(36)32-22-12-10-20(31)11-13-22/h10-15,21,23-26H,3-9,16-19H2,1-2H3,(H,32,36)(H,33,37)/t23-,24?,25-,26?,30?/m0/s1. The molecule has 5 rings (SSSR count). The van der Waals surface area contributed by atoms with E-state index in [-0.39, 0.29) is 23.8 Å². The van der Waals surface area contributed by atoms with Gasteiger partial charge in [0, 0.05) is 29.8 Å². The summed E-state index contributed by atoms with van der Waals surface area (Å²) in [5.74, 6) is -2.07. The number of hydrogen-bond acceptors (Lipinski definition) is 5. The number of nitrogens with one attached hydrogen (secondary N) is 2. The predicted molar refractivity (Wildman–Crippen MR) is 151 cm³/mol. The average molecular weight is 557 g/mol. The van der Waals surface area contributed by atoms with Gasteiger partial charge in [-0.05, 0) is 63.0 Å². The zero-order valence-corrected chi connectivity index (χ0v) is 23.8. The number of carbonyl (C=O) groups excluding carboxylic acids is 3. The van der Waals surface area contributed by atoms with Gasteiger partial charge in [-0.25, -0.2) is 0 Å². The number of anilines is 1. The highest BCUT2D eigenvalue weighted by atomic mass is 35.5. The van der Waals surface area contributed by atoms with Crippen molar-refractivity contribution in [1.29, 1.82) is 0 Å². The van der Waals surface area contributed by atoms with E-state index in [1.807, 2.05) is 12.2 Å². The monoisotopic (exact) mass is 556 g/mol. The Hall–Kier alpha value is -2.42. The molecule has 8 nitrogen and oxygen atoms in total. The van der Waals surface area contributed by atoms with Crippen molar-refractivity contribution >= 4 is 35.0 Å². The molecule has 4 aliphatic rings. The summed E-state index contributed by atoms with van der Waals surface area (Å²) < 4.78 is 6.47. The topological polar surface area (TPSA) is 91.0 Å². The van der Waals surface area contributed by atoms with E-state index < -0.39 is 29.6 Å².